The number of aromatic nitrogens is 2. The molecule has 1 aromatic heterocycles. The van der Waals surface area contributed by atoms with E-state index in [1.165, 1.54) is 24.4 Å². The fourth-order valence-corrected chi connectivity index (χ4v) is 2.76. The first-order valence-electron chi connectivity index (χ1n) is 6.27. The number of imidazole rings is 1. The van der Waals surface area contributed by atoms with Crippen LogP contribution in [0.5, 0.6) is 0 Å². The highest BCUT2D eigenvalue weighted by Crippen LogP contribution is 2.26. The molecule has 2 aliphatic rings. The van der Waals surface area contributed by atoms with Crippen molar-refractivity contribution in [2.24, 2.45) is 0 Å². The van der Waals surface area contributed by atoms with Crippen LogP contribution in [-0.2, 0) is 13.0 Å². The quantitative estimate of drug-likeness (QED) is 0.732. The van der Waals surface area contributed by atoms with Gasteiger partial charge >= 0.3 is 0 Å². The average molecular weight is 221 g/mol. The zero-order valence-corrected chi connectivity index (χ0v) is 9.52. The number of piperidine rings is 1. The fourth-order valence-electron chi connectivity index (χ4n) is 2.76. The van der Waals surface area contributed by atoms with Gasteiger partial charge in [0.1, 0.15) is 5.82 Å². The first kappa shape index (κ1) is 10.3. The number of aliphatic hydroxyl groups is 1. The van der Waals surface area contributed by atoms with Gasteiger partial charge in [0.05, 0.1) is 11.8 Å². The largest absolute Gasteiger partial charge is 0.391 e. The Morgan fingerprint density at radius 3 is 2.94 bits per heavy atom. The summed E-state index contributed by atoms with van der Waals surface area (Å²) in [5, 5.41) is 13.0. The molecule has 3 heterocycles. The van der Waals surface area contributed by atoms with Crippen LogP contribution < -0.4 is 5.32 Å². The van der Waals surface area contributed by atoms with Gasteiger partial charge in [-0.1, -0.05) is 0 Å². The minimum absolute atomic E-state index is 0.178. The van der Waals surface area contributed by atoms with Crippen LogP contribution in [0.2, 0.25) is 0 Å². The van der Waals surface area contributed by atoms with Crippen molar-refractivity contribution in [1.29, 1.82) is 0 Å². The minimum atomic E-state index is -0.178. The zero-order chi connectivity index (χ0) is 11.0. The summed E-state index contributed by atoms with van der Waals surface area (Å²) in [6.07, 6.45) is 6.16. The molecule has 1 saturated heterocycles. The Balaban J connectivity index is 1.80. The highest BCUT2D eigenvalue weighted by Gasteiger charge is 2.23. The lowest BCUT2D eigenvalue weighted by molar-refractivity contribution is 0.130. The molecule has 0 aliphatic carbocycles. The standard InChI is InChI=1S/C12H19N3O/c16-10-1-2-12-14-11(8-15(12)7-10)9-3-5-13-6-4-9/h8-10,13,16H,1-7H2. The molecule has 0 spiro atoms. The van der Waals surface area contributed by atoms with Gasteiger partial charge in [0.25, 0.3) is 0 Å². The summed E-state index contributed by atoms with van der Waals surface area (Å²) < 4.78 is 2.14. The average Bonchev–Trinajstić information content (AvgIpc) is 2.73. The second kappa shape index (κ2) is 4.18. The van der Waals surface area contributed by atoms with Crippen molar-refractivity contribution in [2.45, 2.75) is 44.2 Å². The molecule has 4 nitrogen and oxygen atoms in total. The van der Waals surface area contributed by atoms with Gasteiger partial charge in [-0.3, -0.25) is 0 Å². The van der Waals surface area contributed by atoms with Crippen molar-refractivity contribution in [3.05, 3.63) is 17.7 Å². The highest BCUT2D eigenvalue weighted by atomic mass is 16.3. The second-order valence-corrected chi connectivity index (χ2v) is 4.95. The third kappa shape index (κ3) is 1.87. The van der Waals surface area contributed by atoms with E-state index in [-0.39, 0.29) is 6.10 Å². The lowest BCUT2D eigenvalue weighted by Gasteiger charge is -2.20. The summed E-state index contributed by atoms with van der Waals surface area (Å²) in [5.41, 5.74) is 1.24. The summed E-state index contributed by atoms with van der Waals surface area (Å²) in [6, 6.07) is 0. The topological polar surface area (TPSA) is 50.1 Å². The number of hydrogen-bond acceptors (Lipinski definition) is 3. The first-order valence-corrected chi connectivity index (χ1v) is 6.27. The molecule has 1 unspecified atom stereocenters. The van der Waals surface area contributed by atoms with Crippen LogP contribution in [0, 0.1) is 0 Å². The van der Waals surface area contributed by atoms with E-state index in [2.05, 4.69) is 16.1 Å². The van der Waals surface area contributed by atoms with Crippen molar-refractivity contribution < 1.29 is 5.11 Å². The SMILES string of the molecule is OC1CCc2nc(C3CCNCC3)cn2C1. The van der Waals surface area contributed by atoms with E-state index in [0.717, 1.165) is 32.5 Å². The van der Waals surface area contributed by atoms with E-state index in [9.17, 15) is 5.11 Å². The summed E-state index contributed by atoms with van der Waals surface area (Å²) in [6.45, 7) is 2.94. The molecular weight excluding hydrogens is 202 g/mol. The van der Waals surface area contributed by atoms with Crippen LogP contribution >= 0.6 is 0 Å². The monoisotopic (exact) mass is 221 g/mol. The van der Waals surface area contributed by atoms with Crippen LogP contribution in [0.1, 0.15) is 36.7 Å². The smallest absolute Gasteiger partial charge is 0.109 e. The minimum Gasteiger partial charge on any atom is -0.391 e. The second-order valence-electron chi connectivity index (χ2n) is 4.95. The molecule has 2 N–H and O–H groups in total. The van der Waals surface area contributed by atoms with Crippen LogP contribution in [0.4, 0.5) is 0 Å². The van der Waals surface area contributed by atoms with Crippen molar-refractivity contribution >= 4 is 0 Å². The predicted octanol–water partition coefficient (Wildman–Crippen LogP) is 0.657. The Kier molecular flexibility index (Phi) is 2.69. The van der Waals surface area contributed by atoms with Crippen molar-refractivity contribution in [3.8, 4) is 0 Å². The molecule has 0 radical (unpaired) electrons. The predicted molar refractivity (Wildman–Crippen MR) is 61.4 cm³/mol. The van der Waals surface area contributed by atoms with Gasteiger partial charge in [-0.05, 0) is 32.4 Å². The molecule has 1 fully saturated rings. The molecule has 88 valence electrons. The van der Waals surface area contributed by atoms with E-state index in [4.69, 9.17) is 4.98 Å². The van der Waals surface area contributed by atoms with Gasteiger partial charge in [0.15, 0.2) is 0 Å². The maximum absolute atomic E-state index is 9.62. The maximum atomic E-state index is 9.62. The highest BCUT2D eigenvalue weighted by molar-refractivity contribution is 5.12. The van der Waals surface area contributed by atoms with Crippen molar-refractivity contribution in [1.82, 2.24) is 14.9 Å². The normalized spacial score (nSPS) is 26.7. The Hall–Kier alpha value is -0.870. The molecule has 0 bridgehead atoms. The van der Waals surface area contributed by atoms with Crippen molar-refractivity contribution in [2.75, 3.05) is 13.1 Å². The summed E-state index contributed by atoms with van der Waals surface area (Å²) >= 11 is 0. The summed E-state index contributed by atoms with van der Waals surface area (Å²) in [7, 11) is 0. The van der Waals surface area contributed by atoms with Gasteiger partial charge < -0.3 is 15.0 Å². The Bertz CT molecular complexity index is 368. The third-order valence-corrected chi connectivity index (χ3v) is 3.74. The maximum Gasteiger partial charge on any atom is 0.109 e. The number of fused-ring (bicyclic) bond motifs is 1. The number of nitrogens with zero attached hydrogens (tertiary/aromatic N) is 2. The molecule has 1 atom stereocenters. The van der Waals surface area contributed by atoms with Crippen LogP contribution in [0.15, 0.2) is 6.20 Å². The molecule has 0 amide bonds. The molecule has 0 saturated carbocycles. The van der Waals surface area contributed by atoms with E-state index >= 15 is 0 Å². The van der Waals surface area contributed by atoms with Crippen LogP contribution in [0.25, 0.3) is 0 Å². The number of hydrogen-bond donors (Lipinski definition) is 2. The van der Waals surface area contributed by atoms with E-state index in [0.29, 0.717) is 5.92 Å². The van der Waals surface area contributed by atoms with Crippen molar-refractivity contribution in [3.63, 3.8) is 0 Å². The molecule has 1 aromatic rings. The van der Waals surface area contributed by atoms with E-state index < -0.39 is 0 Å². The number of aryl methyl sites for hydroxylation is 1. The van der Waals surface area contributed by atoms with E-state index in [1.807, 2.05) is 0 Å². The lowest BCUT2D eigenvalue weighted by Crippen LogP contribution is -2.26. The first-order chi connectivity index (χ1) is 7.83. The van der Waals surface area contributed by atoms with Gasteiger partial charge in [-0.15, -0.1) is 0 Å². The molecule has 0 aromatic carbocycles. The van der Waals surface area contributed by atoms with Gasteiger partial charge in [-0.2, -0.15) is 0 Å². The molecule has 2 aliphatic heterocycles. The Morgan fingerprint density at radius 2 is 2.12 bits per heavy atom. The number of rotatable bonds is 1. The Labute approximate surface area is 95.7 Å². The summed E-state index contributed by atoms with van der Waals surface area (Å²) in [4.78, 5) is 4.73. The lowest BCUT2D eigenvalue weighted by atomic mass is 9.95. The molecular formula is C12H19N3O. The zero-order valence-electron chi connectivity index (χ0n) is 9.52. The Morgan fingerprint density at radius 1 is 1.31 bits per heavy atom. The van der Waals surface area contributed by atoms with Gasteiger partial charge in [-0.25, -0.2) is 4.98 Å². The van der Waals surface area contributed by atoms with E-state index in [1.54, 1.807) is 0 Å². The van der Waals surface area contributed by atoms with Crippen LogP contribution in [-0.4, -0.2) is 33.9 Å². The number of nitrogens with one attached hydrogen (secondary N) is 1. The molecule has 3 rings (SSSR count). The van der Waals surface area contributed by atoms with Crippen LogP contribution in [0.3, 0.4) is 0 Å². The van der Waals surface area contributed by atoms with Gasteiger partial charge in [0.2, 0.25) is 0 Å². The fraction of sp³-hybridized carbons (Fsp3) is 0.750. The van der Waals surface area contributed by atoms with Gasteiger partial charge in [0, 0.05) is 25.1 Å². The number of aliphatic hydroxyl groups excluding tert-OH is 1. The molecule has 16 heavy (non-hydrogen) atoms. The third-order valence-electron chi connectivity index (χ3n) is 3.74. The molecule has 4 heteroatoms. The summed E-state index contributed by atoms with van der Waals surface area (Å²) in [5.74, 6) is 1.79.